The third-order valence-corrected chi connectivity index (χ3v) is 10.3. The summed E-state index contributed by atoms with van der Waals surface area (Å²) in [6.07, 6.45) is 8.04. The standard InChI is InChI=1S/C51H38N3O4.Ir/c55-50(56)47-25-19-34(31-52-47)15-17-36-27-37(18-16-35-20-26-48(51(57)58)53-32-35)29-42(28-36)43-13-7-8-14-44(43)46-33-54-49(41-11-5-2-6-12-41)30-45(46)40-23-21-39(22-24-40)38-9-3-1-4-10-38;/h1-11,13-14,19-33H,15-18H2,(H,55,56)(H,57,58);/q-1;. The molecule has 0 spiro atoms. The fourth-order valence-electron chi connectivity index (χ4n) is 7.23. The summed E-state index contributed by atoms with van der Waals surface area (Å²) in [5.41, 5.74) is 14.6. The zero-order valence-electron chi connectivity index (χ0n) is 31.9. The van der Waals surface area contributed by atoms with Crippen LogP contribution in [0, 0.1) is 6.07 Å². The fraction of sp³-hybridized carbons (Fsp3) is 0.0784. The first kappa shape index (κ1) is 40.3. The molecule has 7 nitrogen and oxygen atoms in total. The van der Waals surface area contributed by atoms with E-state index in [9.17, 15) is 19.8 Å². The molecule has 0 unspecified atom stereocenters. The number of carbonyl (C=O) groups is 2. The van der Waals surface area contributed by atoms with Crippen LogP contribution in [0.1, 0.15) is 43.2 Å². The Labute approximate surface area is 356 Å². The zero-order chi connectivity index (χ0) is 39.8. The molecular formula is C51H38IrN3O4-. The van der Waals surface area contributed by atoms with Crippen molar-refractivity contribution >= 4 is 11.9 Å². The van der Waals surface area contributed by atoms with Crippen molar-refractivity contribution in [3.05, 3.63) is 210 Å². The average molecular weight is 949 g/mol. The summed E-state index contributed by atoms with van der Waals surface area (Å²) in [7, 11) is 0. The maximum absolute atomic E-state index is 11.4. The Morgan fingerprint density at radius 3 is 1.54 bits per heavy atom. The number of hydrogen-bond acceptors (Lipinski definition) is 5. The van der Waals surface area contributed by atoms with E-state index in [0.717, 1.165) is 90.9 Å². The Morgan fingerprint density at radius 1 is 0.441 bits per heavy atom. The van der Waals surface area contributed by atoms with Crippen LogP contribution >= 0.6 is 0 Å². The first-order chi connectivity index (χ1) is 28.4. The summed E-state index contributed by atoms with van der Waals surface area (Å²) in [6, 6.07) is 54.3. The van der Waals surface area contributed by atoms with Gasteiger partial charge in [-0.1, -0.05) is 115 Å². The second-order valence-electron chi connectivity index (χ2n) is 14.1. The number of aromatic nitrogens is 3. The SMILES string of the molecule is O=C(O)c1ccc(CCc2cc(CCc3ccc(C(=O)O)nc3)cc(-c3ccccc3-c3cnc(-c4[c-]cccc4)cc3-c3ccc(-c4ccccc4)cc3)c2)cn1.[Ir]. The molecule has 291 valence electrons. The van der Waals surface area contributed by atoms with Crippen LogP contribution in [-0.4, -0.2) is 37.1 Å². The van der Waals surface area contributed by atoms with Crippen LogP contribution in [-0.2, 0) is 45.8 Å². The van der Waals surface area contributed by atoms with E-state index in [-0.39, 0.29) is 31.5 Å². The number of aromatic carboxylic acids is 2. The molecule has 0 saturated carbocycles. The van der Waals surface area contributed by atoms with Crippen LogP contribution in [0.25, 0.3) is 55.8 Å². The van der Waals surface area contributed by atoms with E-state index in [1.165, 1.54) is 0 Å². The van der Waals surface area contributed by atoms with E-state index in [2.05, 4.69) is 113 Å². The third-order valence-electron chi connectivity index (χ3n) is 10.3. The summed E-state index contributed by atoms with van der Waals surface area (Å²) in [5.74, 6) is -2.10. The van der Waals surface area contributed by atoms with Gasteiger partial charge in [0, 0.05) is 44.3 Å². The van der Waals surface area contributed by atoms with Crippen molar-refractivity contribution in [2.75, 3.05) is 0 Å². The van der Waals surface area contributed by atoms with Crippen LogP contribution in [0.3, 0.4) is 0 Å². The van der Waals surface area contributed by atoms with Gasteiger partial charge in [-0.15, -0.1) is 35.9 Å². The first-order valence-electron chi connectivity index (χ1n) is 19.1. The van der Waals surface area contributed by atoms with Gasteiger partial charge in [-0.05, 0) is 105 Å². The van der Waals surface area contributed by atoms with Crippen LogP contribution in [0.15, 0.2) is 170 Å². The molecule has 0 atom stereocenters. The van der Waals surface area contributed by atoms with Crippen molar-refractivity contribution in [1.82, 2.24) is 15.0 Å². The fourth-order valence-corrected chi connectivity index (χ4v) is 7.23. The number of carboxylic acid groups (broad SMARTS) is 2. The monoisotopic (exact) mass is 949 g/mol. The smallest absolute Gasteiger partial charge is 0.354 e. The minimum absolute atomic E-state index is 0. The van der Waals surface area contributed by atoms with Crippen molar-refractivity contribution in [2.24, 2.45) is 0 Å². The largest absolute Gasteiger partial charge is 0.477 e. The van der Waals surface area contributed by atoms with Gasteiger partial charge in [0.05, 0.1) is 0 Å². The second kappa shape index (κ2) is 18.6. The third kappa shape index (κ3) is 9.65. The van der Waals surface area contributed by atoms with Gasteiger partial charge in [0.25, 0.3) is 0 Å². The Kier molecular flexibility index (Phi) is 12.7. The summed E-state index contributed by atoms with van der Waals surface area (Å²) in [5, 5.41) is 18.7. The van der Waals surface area contributed by atoms with E-state index in [1.54, 1.807) is 24.5 Å². The molecule has 5 aromatic carbocycles. The Hall–Kier alpha value is -6.86. The molecule has 0 bridgehead atoms. The minimum atomic E-state index is -1.05. The average Bonchev–Trinajstić information content (AvgIpc) is 3.28. The van der Waals surface area contributed by atoms with Gasteiger partial charge in [-0.2, -0.15) is 0 Å². The van der Waals surface area contributed by atoms with Crippen molar-refractivity contribution in [3.63, 3.8) is 0 Å². The van der Waals surface area contributed by atoms with E-state index < -0.39 is 11.9 Å². The van der Waals surface area contributed by atoms with Crippen molar-refractivity contribution < 1.29 is 39.9 Å². The minimum Gasteiger partial charge on any atom is -0.477 e. The molecular weight excluding hydrogens is 911 g/mol. The van der Waals surface area contributed by atoms with Crippen molar-refractivity contribution in [2.45, 2.75) is 25.7 Å². The maximum atomic E-state index is 11.4. The molecule has 8 heteroatoms. The molecule has 8 rings (SSSR count). The number of pyridine rings is 3. The number of hydrogen-bond donors (Lipinski definition) is 2. The van der Waals surface area contributed by atoms with Crippen molar-refractivity contribution in [3.8, 4) is 55.8 Å². The van der Waals surface area contributed by atoms with Crippen LogP contribution in [0.4, 0.5) is 0 Å². The Morgan fingerprint density at radius 2 is 0.983 bits per heavy atom. The van der Waals surface area contributed by atoms with Gasteiger partial charge in [0.2, 0.25) is 0 Å². The molecule has 3 heterocycles. The molecule has 8 aromatic rings. The predicted octanol–water partition coefficient (Wildman–Crippen LogP) is 11.0. The topological polar surface area (TPSA) is 113 Å². The van der Waals surface area contributed by atoms with E-state index >= 15 is 0 Å². The quantitative estimate of drug-likeness (QED) is 0.111. The number of rotatable bonds is 13. The molecule has 1 radical (unpaired) electrons. The van der Waals surface area contributed by atoms with Crippen LogP contribution in [0.5, 0.6) is 0 Å². The molecule has 0 aliphatic carbocycles. The molecule has 0 aliphatic rings. The Bertz CT molecular complexity index is 2620. The summed E-state index contributed by atoms with van der Waals surface area (Å²) in [4.78, 5) is 36.0. The van der Waals surface area contributed by atoms with Crippen LogP contribution < -0.4 is 0 Å². The molecule has 0 fully saturated rings. The van der Waals surface area contributed by atoms with Gasteiger partial charge >= 0.3 is 11.9 Å². The van der Waals surface area contributed by atoms with Crippen LogP contribution in [0.2, 0.25) is 0 Å². The molecule has 0 saturated heterocycles. The van der Waals surface area contributed by atoms with Crippen molar-refractivity contribution in [1.29, 1.82) is 0 Å². The number of benzene rings is 5. The Balaban J connectivity index is 0.00000528. The van der Waals surface area contributed by atoms with Gasteiger partial charge in [-0.3, -0.25) is 0 Å². The van der Waals surface area contributed by atoms with E-state index in [0.29, 0.717) is 12.8 Å². The van der Waals surface area contributed by atoms with Gasteiger partial charge in [0.15, 0.2) is 0 Å². The first-order valence-corrected chi connectivity index (χ1v) is 19.1. The zero-order valence-corrected chi connectivity index (χ0v) is 34.3. The summed E-state index contributed by atoms with van der Waals surface area (Å²) >= 11 is 0. The molecule has 3 aromatic heterocycles. The second-order valence-corrected chi connectivity index (χ2v) is 14.1. The van der Waals surface area contributed by atoms with Gasteiger partial charge < -0.3 is 15.2 Å². The van der Waals surface area contributed by atoms with E-state index in [4.69, 9.17) is 4.98 Å². The summed E-state index contributed by atoms with van der Waals surface area (Å²) in [6.45, 7) is 0. The van der Waals surface area contributed by atoms with Gasteiger partial charge in [0.1, 0.15) is 11.4 Å². The molecule has 0 amide bonds. The number of aryl methyl sites for hydroxylation is 4. The maximum Gasteiger partial charge on any atom is 0.354 e. The summed E-state index contributed by atoms with van der Waals surface area (Å²) < 4.78 is 0. The normalized spacial score (nSPS) is 10.8. The molecule has 0 aliphatic heterocycles. The predicted molar refractivity (Wildman–Crippen MR) is 227 cm³/mol. The number of nitrogens with zero attached hydrogens (tertiary/aromatic N) is 3. The van der Waals surface area contributed by atoms with E-state index in [1.807, 2.05) is 48.7 Å². The molecule has 2 N–H and O–H groups in total. The van der Waals surface area contributed by atoms with Gasteiger partial charge in [-0.25, -0.2) is 19.6 Å². The molecule has 59 heavy (non-hydrogen) atoms. The number of carboxylic acids is 2.